The molecule has 0 radical (unpaired) electrons. The predicted molar refractivity (Wildman–Crippen MR) is 70.6 cm³/mol. The van der Waals surface area contributed by atoms with Crippen LogP contribution in [0.5, 0.6) is 0 Å². The molecular formula is C14H13NO3. The van der Waals surface area contributed by atoms with Crippen LogP contribution in [-0.4, -0.2) is 15.6 Å². The maximum atomic E-state index is 12.0. The number of hydrogen-bond donors (Lipinski definition) is 1. The van der Waals surface area contributed by atoms with E-state index in [0.717, 1.165) is 22.5 Å². The van der Waals surface area contributed by atoms with Crippen LogP contribution >= 0.6 is 0 Å². The number of carboxylic acid groups (broad SMARTS) is 1. The number of aromatic nitrogens is 1. The van der Waals surface area contributed by atoms with Gasteiger partial charge in [0.2, 0.25) is 0 Å². The highest BCUT2D eigenvalue weighted by molar-refractivity contribution is 5.87. The van der Waals surface area contributed by atoms with Gasteiger partial charge in [0.1, 0.15) is 0 Å². The first-order valence-electron chi connectivity index (χ1n) is 5.50. The molecule has 0 aliphatic rings. The number of rotatable bonds is 2. The largest absolute Gasteiger partial charge is 0.478 e. The highest BCUT2D eigenvalue weighted by Gasteiger charge is 2.04. The first-order chi connectivity index (χ1) is 8.49. The molecular weight excluding hydrogens is 230 g/mol. The number of aliphatic carboxylic acids is 1. The van der Waals surface area contributed by atoms with E-state index in [9.17, 15) is 9.59 Å². The second-order valence-electron chi connectivity index (χ2n) is 4.20. The lowest BCUT2D eigenvalue weighted by molar-refractivity contribution is -0.131. The van der Waals surface area contributed by atoms with Crippen LogP contribution in [0.25, 0.3) is 17.0 Å². The maximum absolute atomic E-state index is 12.0. The number of pyridine rings is 1. The van der Waals surface area contributed by atoms with E-state index in [1.54, 1.807) is 13.1 Å². The quantitative estimate of drug-likeness (QED) is 0.820. The van der Waals surface area contributed by atoms with E-state index < -0.39 is 5.97 Å². The molecule has 4 nitrogen and oxygen atoms in total. The van der Waals surface area contributed by atoms with Crippen LogP contribution in [0.1, 0.15) is 11.1 Å². The first-order valence-corrected chi connectivity index (χ1v) is 5.50. The van der Waals surface area contributed by atoms with Crippen molar-refractivity contribution in [2.24, 2.45) is 7.05 Å². The van der Waals surface area contributed by atoms with Gasteiger partial charge in [0, 0.05) is 18.7 Å². The fraction of sp³-hybridized carbons (Fsp3) is 0.143. The van der Waals surface area contributed by atoms with Gasteiger partial charge in [-0.1, -0.05) is 12.1 Å². The highest BCUT2D eigenvalue weighted by atomic mass is 16.4. The van der Waals surface area contributed by atoms with Gasteiger partial charge in [-0.05, 0) is 36.1 Å². The van der Waals surface area contributed by atoms with E-state index in [1.165, 1.54) is 10.6 Å². The van der Waals surface area contributed by atoms with Gasteiger partial charge in [0.05, 0.1) is 5.52 Å². The highest BCUT2D eigenvalue weighted by Crippen LogP contribution is 2.15. The van der Waals surface area contributed by atoms with Crippen LogP contribution in [0.15, 0.2) is 35.1 Å². The Bertz CT molecular complexity index is 711. The van der Waals surface area contributed by atoms with Crippen molar-refractivity contribution >= 4 is 22.9 Å². The van der Waals surface area contributed by atoms with Crippen LogP contribution < -0.4 is 5.56 Å². The molecule has 0 aliphatic heterocycles. The van der Waals surface area contributed by atoms with Crippen molar-refractivity contribution in [3.8, 4) is 0 Å². The Hall–Kier alpha value is -2.36. The van der Waals surface area contributed by atoms with Crippen LogP contribution in [-0.2, 0) is 11.8 Å². The van der Waals surface area contributed by atoms with Crippen LogP contribution in [0, 0.1) is 6.92 Å². The third kappa shape index (κ3) is 2.18. The van der Waals surface area contributed by atoms with E-state index >= 15 is 0 Å². The molecule has 0 spiro atoms. The summed E-state index contributed by atoms with van der Waals surface area (Å²) in [6.07, 6.45) is 2.29. The third-order valence-corrected chi connectivity index (χ3v) is 2.82. The minimum absolute atomic E-state index is 0.203. The summed E-state index contributed by atoms with van der Waals surface area (Å²) in [5.74, 6) is -1.07. The van der Waals surface area contributed by atoms with Crippen LogP contribution in [0.4, 0.5) is 0 Å². The molecule has 1 aromatic heterocycles. The number of nitrogens with zero attached hydrogens (tertiary/aromatic N) is 1. The molecule has 4 heteroatoms. The Morgan fingerprint density at radius 2 is 2.06 bits per heavy atom. The smallest absolute Gasteiger partial charge is 0.328 e. The number of benzene rings is 1. The molecule has 0 saturated carbocycles. The van der Waals surface area contributed by atoms with E-state index in [-0.39, 0.29) is 5.56 Å². The Morgan fingerprint density at radius 3 is 2.72 bits per heavy atom. The summed E-state index contributed by atoms with van der Waals surface area (Å²) in [7, 11) is 1.68. The molecule has 2 aromatic rings. The summed E-state index contributed by atoms with van der Waals surface area (Å²) in [4.78, 5) is 22.5. The average molecular weight is 243 g/mol. The van der Waals surface area contributed by atoms with Gasteiger partial charge >= 0.3 is 5.97 Å². The Balaban J connectivity index is 2.72. The Morgan fingerprint density at radius 1 is 1.33 bits per heavy atom. The zero-order valence-electron chi connectivity index (χ0n) is 10.2. The zero-order chi connectivity index (χ0) is 13.3. The number of carboxylic acids is 1. The summed E-state index contributed by atoms with van der Waals surface area (Å²) < 4.78 is 1.53. The molecule has 18 heavy (non-hydrogen) atoms. The summed E-state index contributed by atoms with van der Waals surface area (Å²) in [6, 6.07) is 7.51. The minimum Gasteiger partial charge on any atom is -0.478 e. The second kappa shape index (κ2) is 4.49. The third-order valence-electron chi connectivity index (χ3n) is 2.82. The van der Waals surface area contributed by atoms with Crippen molar-refractivity contribution in [1.29, 1.82) is 0 Å². The minimum atomic E-state index is -1.07. The zero-order valence-corrected chi connectivity index (χ0v) is 10.2. The van der Waals surface area contributed by atoms with E-state index in [0.29, 0.717) is 5.56 Å². The standard InChI is InChI=1S/C14H13NO3/c1-9-3-4-10-8-11(5-6-13(16)17)14(18)15(2)12(10)7-9/h3-8H,1-2H3,(H,16,17)/b6-5+. The summed E-state index contributed by atoms with van der Waals surface area (Å²) >= 11 is 0. The molecule has 1 N–H and O–H groups in total. The van der Waals surface area contributed by atoms with Gasteiger partial charge < -0.3 is 9.67 Å². The van der Waals surface area contributed by atoms with Crippen molar-refractivity contribution in [2.75, 3.05) is 0 Å². The lowest BCUT2D eigenvalue weighted by Crippen LogP contribution is -2.19. The number of carbonyl (C=O) groups is 1. The molecule has 0 atom stereocenters. The lowest BCUT2D eigenvalue weighted by Gasteiger charge is -2.07. The summed E-state index contributed by atoms with van der Waals surface area (Å²) in [5.41, 5.74) is 2.08. The molecule has 1 aromatic carbocycles. The fourth-order valence-electron chi connectivity index (χ4n) is 1.88. The summed E-state index contributed by atoms with van der Waals surface area (Å²) in [6.45, 7) is 1.96. The Labute approximate surface area is 104 Å². The molecule has 0 bridgehead atoms. The molecule has 0 amide bonds. The van der Waals surface area contributed by atoms with Gasteiger partial charge in [0.25, 0.3) is 5.56 Å². The van der Waals surface area contributed by atoms with E-state index in [1.807, 2.05) is 25.1 Å². The SMILES string of the molecule is Cc1ccc2cc(/C=C/C(=O)O)c(=O)n(C)c2c1. The lowest BCUT2D eigenvalue weighted by atomic mass is 10.1. The molecule has 92 valence electrons. The van der Waals surface area contributed by atoms with Gasteiger partial charge in [-0.15, -0.1) is 0 Å². The van der Waals surface area contributed by atoms with E-state index in [4.69, 9.17) is 5.11 Å². The predicted octanol–water partition coefficient (Wildman–Crippen LogP) is 1.94. The average Bonchev–Trinajstić information content (AvgIpc) is 2.32. The van der Waals surface area contributed by atoms with Gasteiger partial charge in [-0.25, -0.2) is 4.79 Å². The normalized spacial score (nSPS) is 11.2. The number of hydrogen-bond acceptors (Lipinski definition) is 2. The van der Waals surface area contributed by atoms with Crippen LogP contribution in [0.3, 0.4) is 0 Å². The van der Waals surface area contributed by atoms with E-state index in [2.05, 4.69) is 0 Å². The molecule has 0 aliphatic carbocycles. The molecule has 2 rings (SSSR count). The van der Waals surface area contributed by atoms with Crippen LogP contribution in [0.2, 0.25) is 0 Å². The molecule has 0 fully saturated rings. The Kier molecular flexibility index (Phi) is 3.02. The fourth-order valence-corrected chi connectivity index (χ4v) is 1.88. The van der Waals surface area contributed by atoms with Crippen molar-refractivity contribution in [1.82, 2.24) is 4.57 Å². The maximum Gasteiger partial charge on any atom is 0.328 e. The monoisotopic (exact) mass is 243 g/mol. The molecule has 0 unspecified atom stereocenters. The van der Waals surface area contributed by atoms with Gasteiger partial charge in [-0.2, -0.15) is 0 Å². The first kappa shape index (κ1) is 12.1. The van der Waals surface area contributed by atoms with Gasteiger partial charge in [-0.3, -0.25) is 4.79 Å². The van der Waals surface area contributed by atoms with Crippen molar-refractivity contribution in [3.63, 3.8) is 0 Å². The molecule has 1 heterocycles. The van der Waals surface area contributed by atoms with Crippen molar-refractivity contribution < 1.29 is 9.90 Å². The topological polar surface area (TPSA) is 59.3 Å². The van der Waals surface area contributed by atoms with Crippen molar-refractivity contribution in [2.45, 2.75) is 6.92 Å². The number of fused-ring (bicyclic) bond motifs is 1. The molecule has 0 saturated heterocycles. The van der Waals surface area contributed by atoms with Gasteiger partial charge in [0.15, 0.2) is 0 Å². The number of aryl methyl sites for hydroxylation is 2. The summed E-state index contributed by atoms with van der Waals surface area (Å²) in [5, 5.41) is 9.50. The second-order valence-corrected chi connectivity index (χ2v) is 4.20. The van der Waals surface area contributed by atoms with Crippen molar-refractivity contribution in [3.05, 3.63) is 51.8 Å².